The Labute approximate surface area is 135 Å². The van der Waals surface area contributed by atoms with Crippen molar-refractivity contribution in [3.63, 3.8) is 0 Å². The molecule has 23 heavy (non-hydrogen) atoms. The zero-order chi connectivity index (χ0) is 15.6. The summed E-state index contributed by atoms with van der Waals surface area (Å²) in [5, 5.41) is 0.702. The lowest BCUT2D eigenvalue weighted by Crippen LogP contribution is -2.22. The lowest BCUT2D eigenvalue weighted by Gasteiger charge is -2.18. The molecular formula is C19H19N3O. The van der Waals surface area contributed by atoms with Crippen LogP contribution in [0.4, 0.5) is 5.69 Å². The summed E-state index contributed by atoms with van der Waals surface area (Å²) in [6.45, 7) is 2.70. The van der Waals surface area contributed by atoms with Crippen LogP contribution in [0.1, 0.15) is 18.4 Å². The molecule has 1 saturated heterocycles. The van der Waals surface area contributed by atoms with Crippen molar-refractivity contribution in [1.29, 1.82) is 0 Å². The van der Waals surface area contributed by atoms with Crippen LogP contribution in [-0.4, -0.2) is 22.6 Å². The molecule has 0 atom stereocenters. The second-order valence-electron chi connectivity index (χ2n) is 6.06. The molecule has 2 aromatic carbocycles. The van der Waals surface area contributed by atoms with Gasteiger partial charge in [-0.25, -0.2) is 4.98 Å². The third-order valence-electron chi connectivity index (χ3n) is 4.47. The SMILES string of the molecule is O=c1c2cc(N3CCCC3)ccc2ncn1Cc1ccccc1. The summed E-state index contributed by atoms with van der Waals surface area (Å²) in [6, 6.07) is 16.0. The van der Waals surface area contributed by atoms with E-state index in [9.17, 15) is 4.79 Å². The van der Waals surface area contributed by atoms with Gasteiger partial charge in [0.1, 0.15) is 0 Å². The number of aromatic nitrogens is 2. The van der Waals surface area contributed by atoms with Crippen molar-refractivity contribution in [2.24, 2.45) is 0 Å². The Morgan fingerprint density at radius 2 is 1.78 bits per heavy atom. The van der Waals surface area contributed by atoms with Crippen molar-refractivity contribution in [2.75, 3.05) is 18.0 Å². The van der Waals surface area contributed by atoms with Gasteiger partial charge in [-0.1, -0.05) is 30.3 Å². The Morgan fingerprint density at radius 3 is 2.57 bits per heavy atom. The number of fused-ring (bicyclic) bond motifs is 1. The van der Waals surface area contributed by atoms with Crippen LogP contribution in [0, 0.1) is 0 Å². The second-order valence-corrected chi connectivity index (χ2v) is 6.06. The maximum atomic E-state index is 12.8. The fourth-order valence-corrected chi connectivity index (χ4v) is 3.21. The van der Waals surface area contributed by atoms with Gasteiger partial charge in [0.15, 0.2) is 0 Å². The van der Waals surface area contributed by atoms with Crippen molar-refractivity contribution >= 4 is 16.6 Å². The normalized spacial score (nSPS) is 14.5. The lowest BCUT2D eigenvalue weighted by molar-refractivity contribution is 0.748. The molecule has 4 rings (SSSR count). The highest BCUT2D eigenvalue weighted by molar-refractivity contribution is 5.81. The number of hydrogen-bond donors (Lipinski definition) is 0. The Bertz CT molecular complexity index is 880. The number of rotatable bonds is 3. The molecule has 0 N–H and O–H groups in total. The molecule has 3 aromatic rings. The van der Waals surface area contributed by atoms with Crippen molar-refractivity contribution in [1.82, 2.24) is 9.55 Å². The predicted molar refractivity (Wildman–Crippen MR) is 93.0 cm³/mol. The van der Waals surface area contributed by atoms with E-state index in [4.69, 9.17) is 0 Å². The van der Waals surface area contributed by atoms with Gasteiger partial charge < -0.3 is 4.90 Å². The lowest BCUT2D eigenvalue weighted by atomic mass is 10.2. The summed E-state index contributed by atoms with van der Waals surface area (Å²) in [5.74, 6) is 0. The minimum Gasteiger partial charge on any atom is -0.372 e. The van der Waals surface area contributed by atoms with Crippen LogP contribution >= 0.6 is 0 Å². The maximum Gasteiger partial charge on any atom is 0.261 e. The van der Waals surface area contributed by atoms with E-state index in [1.807, 2.05) is 42.5 Å². The smallest absolute Gasteiger partial charge is 0.261 e. The number of nitrogens with zero attached hydrogens (tertiary/aromatic N) is 3. The molecular weight excluding hydrogens is 286 g/mol. The minimum atomic E-state index is 0.0277. The molecule has 1 aromatic heterocycles. The molecule has 0 aliphatic carbocycles. The second kappa shape index (κ2) is 5.88. The van der Waals surface area contributed by atoms with Gasteiger partial charge in [0.25, 0.3) is 5.56 Å². The Hall–Kier alpha value is -2.62. The molecule has 0 saturated carbocycles. The monoisotopic (exact) mass is 305 g/mol. The molecule has 116 valence electrons. The molecule has 2 heterocycles. The molecule has 1 fully saturated rings. The standard InChI is InChI=1S/C19H19N3O/c23-19-17-12-16(21-10-4-5-11-21)8-9-18(17)20-14-22(19)13-15-6-2-1-3-7-15/h1-3,6-9,12,14H,4-5,10-11,13H2. The van der Waals surface area contributed by atoms with E-state index >= 15 is 0 Å². The van der Waals surface area contributed by atoms with Crippen molar-refractivity contribution in [2.45, 2.75) is 19.4 Å². The molecule has 0 radical (unpaired) electrons. The molecule has 1 aliphatic heterocycles. The van der Waals surface area contributed by atoms with Gasteiger partial charge in [-0.15, -0.1) is 0 Å². The highest BCUT2D eigenvalue weighted by Crippen LogP contribution is 2.22. The highest BCUT2D eigenvalue weighted by atomic mass is 16.1. The Balaban J connectivity index is 1.75. The zero-order valence-corrected chi connectivity index (χ0v) is 13.0. The van der Waals surface area contributed by atoms with Crippen LogP contribution in [0.25, 0.3) is 10.9 Å². The summed E-state index contributed by atoms with van der Waals surface area (Å²) in [7, 11) is 0. The van der Waals surface area contributed by atoms with Gasteiger partial charge in [0.2, 0.25) is 0 Å². The molecule has 1 aliphatic rings. The summed E-state index contributed by atoms with van der Waals surface area (Å²) in [5.41, 5.74) is 3.03. The first-order chi connectivity index (χ1) is 11.3. The first kappa shape index (κ1) is 14.0. The summed E-state index contributed by atoms with van der Waals surface area (Å²) >= 11 is 0. The van der Waals surface area contributed by atoms with Gasteiger partial charge in [-0.2, -0.15) is 0 Å². The third-order valence-corrected chi connectivity index (χ3v) is 4.47. The van der Waals surface area contributed by atoms with Crippen molar-refractivity contribution in [3.8, 4) is 0 Å². The van der Waals surface area contributed by atoms with E-state index in [-0.39, 0.29) is 5.56 Å². The van der Waals surface area contributed by atoms with E-state index in [1.54, 1.807) is 10.9 Å². The van der Waals surface area contributed by atoms with Gasteiger partial charge in [-0.05, 0) is 36.6 Å². The summed E-state index contributed by atoms with van der Waals surface area (Å²) < 4.78 is 1.69. The average Bonchev–Trinajstić information content (AvgIpc) is 3.13. The van der Waals surface area contributed by atoms with E-state index < -0.39 is 0 Å². The zero-order valence-electron chi connectivity index (χ0n) is 13.0. The summed E-state index contributed by atoms with van der Waals surface area (Å²) in [6.07, 6.45) is 4.10. The fraction of sp³-hybridized carbons (Fsp3) is 0.263. The summed E-state index contributed by atoms with van der Waals surface area (Å²) in [4.78, 5) is 19.6. The van der Waals surface area contributed by atoms with E-state index in [2.05, 4.69) is 16.0 Å². The Kier molecular flexibility index (Phi) is 3.58. The molecule has 0 unspecified atom stereocenters. The van der Waals surface area contributed by atoms with Crippen LogP contribution in [0.15, 0.2) is 59.7 Å². The van der Waals surface area contributed by atoms with Gasteiger partial charge in [0, 0.05) is 18.8 Å². The molecule has 4 nitrogen and oxygen atoms in total. The molecule has 4 heteroatoms. The first-order valence-electron chi connectivity index (χ1n) is 8.09. The topological polar surface area (TPSA) is 38.1 Å². The van der Waals surface area contributed by atoms with Crippen LogP contribution < -0.4 is 10.5 Å². The van der Waals surface area contributed by atoms with E-state index in [0.29, 0.717) is 11.9 Å². The van der Waals surface area contributed by atoms with E-state index in [1.165, 1.54) is 12.8 Å². The Morgan fingerprint density at radius 1 is 1.00 bits per heavy atom. The highest BCUT2D eigenvalue weighted by Gasteiger charge is 2.14. The largest absolute Gasteiger partial charge is 0.372 e. The fourth-order valence-electron chi connectivity index (χ4n) is 3.21. The number of benzene rings is 2. The average molecular weight is 305 g/mol. The van der Waals surface area contributed by atoms with Crippen LogP contribution in [-0.2, 0) is 6.54 Å². The number of hydrogen-bond acceptors (Lipinski definition) is 3. The first-order valence-corrected chi connectivity index (χ1v) is 8.09. The third kappa shape index (κ3) is 2.72. The molecule has 0 bridgehead atoms. The van der Waals surface area contributed by atoms with Gasteiger partial charge in [0.05, 0.1) is 23.8 Å². The van der Waals surface area contributed by atoms with Crippen LogP contribution in [0.5, 0.6) is 0 Å². The quantitative estimate of drug-likeness (QED) is 0.746. The minimum absolute atomic E-state index is 0.0277. The number of anilines is 1. The van der Waals surface area contributed by atoms with Gasteiger partial charge in [-0.3, -0.25) is 9.36 Å². The predicted octanol–water partition coefficient (Wildman–Crippen LogP) is 3.05. The van der Waals surface area contributed by atoms with Crippen LogP contribution in [0.2, 0.25) is 0 Å². The van der Waals surface area contributed by atoms with Gasteiger partial charge >= 0.3 is 0 Å². The molecule has 0 spiro atoms. The van der Waals surface area contributed by atoms with Crippen LogP contribution in [0.3, 0.4) is 0 Å². The van der Waals surface area contributed by atoms with Crippen molar-refractivity contribution < 1.29 is 0 Å². The van der Waals surface area contributed by atoms with Crippen molar-refractivity contribution in [3.05, 3.63) is 70.8 Å². The van der Waals surface area contributed by atoms with E-state index in [0.717, 1.165) is 29.9 Å². The maximum absolute atomic E-state index is 12.8. The molecule has 0 amide bonds.